The highest BCUT2D eigenvalue weighted by atomic mass is 16.2. The summed E-state index contributed by atoms with van der Waals surface area (Å²) >= 11 is 0. The van der Waals surface area contributed by atoms with Gasteiger partial charge >= 0.3 is 0 Å². The molecule has 1 amide bonds. The van der Waals surface area contributed by atoms with E-state index in [0.29, 0.717) is 12.0 Å². The number of fused-ring (bicyclic) bond motifs is 1. The van der Waals surface area contributed by atoms with Gasteiger partial charge in [0.1, 0.15) is 0 Å². The van der Waals surface area contributed by atoms with Gasteiger partial charge in [-0.2, -0.15) is 0 Å². The second kappa shape index (κ2) is 4.87. The van der Waals surface area contributed by atoms with E-state index in [1.165, 1.54) is 17.7 Å². The molecule has 3 rings (SSSR count). The average Bonchev–Trinajstić information content (AvgIpc) is 2.88. The Balaban J connectivity index is 1.83. The van der Waals surface area contributed by atoms with E-state index in [9.17, 15) is 4.79 Å². The Bertz CT molecular complexity index is 498. The van der Waals surface area contributed by atoms with Gasteiger partial charge in [0.25, 0.3) is 5.91 Å². The number of hydrogen-bond acceptors (Lipinski definition) is 2. The highest BCUT2D eigenvalue weighted by Gasteiger charge is 2.29. The van der Waals surface area contributed by atoms with Crippen LogP contribution in [-0.2, 0) is 6.42 Å². The molecule has 0 radical (unpaired) electrons. The van der Waals surface area contributed by atoms with E-state index in [1.807, 2.05) is 12.1 Å². The minimum Gasteiger partial charge on any atom is -0.384 e. The van der Waals surface area contributed by atoms with E-state index in [0.717, 1.165) is 31.5 Å². The number of carbonyl (C=O) groups is 1. The van der Waals surface area contributed by atoms with Crippen molar-refractivity contribution in [3.05, 3.63) is 29.3 Å². The van der Waals surface area contributed by atoms with Crippen molar-refractivity contribution in [2.24, 2.45) is 5.92 Å². The molecule has 102 valence electrons. The summed E-state index contributed by atoms with van der Waals surface area (Å²) in [5.41, 5.74) is 3.32. The number of carbonyl (C=O) groups excluding carboxylic acids is 1. The maximum atomic E-state index is 12.7. The van der Waals surface area contributed by atoms with Crippen molar-refractivity contribution >= 4 is 11.6 Å². The first kappa shape index (κ1) is 12.5. The molecule has 3 nitrogen and oxygen atoms in total. The predicted octanol–water partition coefficient (Wildman–Crippen LogP) is 2.92. The Hall–Kier alpha value is -1.51. The van der Waals surface area contributed by atoms with E-state index in [-0.39, 0.29) is 5.91 Å². The number of likely N-dealkylation sites (tertiary alicyclic amines) is 1. The number of nitrogens with zero attached hydrogens (tertiary/aromatic N) is 1. The van der Waals surface area contributed by atoms with E-state index in [4.69, 9.17) is 0 Å². The lowest BCUT2D eigenvalue weighted by atomic mass is 9.91. The number of benzene rings is 1. The number of piperidine rings is 1. The van der Waals surface area contributed by atoms with Gasteiger partial charge in [0.2, 0.25) is 0 Å². The molecule has 2 aliphatic rings. The van der Waals surface area contributed by atoms with Gasteiger partial charge in [-0.1, -0.05) is 6.92 Å². The third kappa shape index (κ3) is 2.22. The molecule has 3 heteroatoms. The molecule has 2 heterocycles. The summed E-state index contributed by atoms with van der Waals surface area (Å²) in [7, 11) is 0. The summed E-state index contributed by atoms with van der Waals surface area (Å²) in [6.45, 7) is 6.32. The molecule has 1 saturated heterocycles. The van der Waals surface area contributed by atoms with Gasteiger partial charge in [0.15, 0.2) is 0 Å². The fraction of sp³-hybridized carbons (Fsp3) is 0.562. The zero-order valence-corrected chi connectivity index (χ0v) is 11.8. The molecule has 0 bridgehead atoms. The van der Waals surface area contributed by atoms with Crippen LogP contribution in [0.5, 0.6) is 0 Å². The van der Waals surface area contributed by atoms with Crippen LogP contribution in [0.3, 0.4) is 0 Å². The minimum atomic E-state index is 0.203. The third-order valence-electron chi connectivity index (χ3n) is 4.70. The number of anilines is 1. The molecule has 1 N–H and O–H groups in total. The first-order valence-electron chi connectivity index (χ1n) is 7.34. The first-order valence-corrected chi connectivity index (χ1v) is 7.34. The zero-order valence-electron chi connectivity index (χ0n) is 11.8. The van der Waals surface area contributed by atoms with E-state index < -0.39 is 0 Å². The molecule has 0 aliphatic carbocycles. The molecule has 0 spiro atoms. The van der Waals surface area contributed by atoms with Gasteiger partial charge < -0.3 is 10.2 Å². The van der Waals surface area contributed by atoms with E-state index in [1.54, 1.807) is 0 Å². The third-order valence-corrected chi connectivity index (χ3v) is 4.70. The summed E-state index contributed by atoms with van der Waals surface area (Å²) in [6.07, 6.45) is 3.39. The molecule has 2 atom stereocenters. The van der Waals surface area contributed by atoms with Crippen LogP contribution in [0.2, 0.25) is 0 Å². The molecule has 0 aromatic heterocycles. The summed E-state index contributed by atoms with van der Waals surface area (Å²) in [5, 5.41) is 3.34. The molecule has 1 fully saturated rings. The Labute approximate surface area is 115 Å². The summed E-state index contributed by atoms with van der Waals surface area (Å²) in [5.74, 6) is 0.808. The smallest absolute Gasteiger partial charge is 0.254 e. The standard InChI is InChI=1S/C16H22N2O/c1-11-4-3-9-18(12(11)2)16(19)14-5-6-15-13(10-14)7-8-17-15/h5-6,10-12,17H,3-4,7-9H2,1-2H3. The van der Waals surface area contributed by atoms with Crippen molar-refractivity contribution in [1.29, 1.82) is 0 Å². The van der Waals surface area contributed by atoms with Gasteiger partial charge in [-0.15, -0.1) is 0 Å². The number of nitrogens with one attached hydrogen (secondary N) is 1. The largest absolute Gasteiger partial charge is 0.384 e. The van der Waals surface area contributed by atoms with Crippen molar-refractivity contribution < 1.29 is 4.79 Å². The zero-order chi connectivity index (χ0) is 13.4. The van der Waals surface area contributed by atoms with Crippen molar-refractivity contribution in [3.8, 4) is 0 Å². The average molecular weight is 258 g/mol. The fourth-order valence-corrected chi connectivity index (χ4v) is 3.23. The van der Waals surface area contributed by atoms with Crippen LogP contribution in [0.4, 0.5) is 5.69 Å². The first-order chi connectivity index (χ1) is 9.16. The van der Waals surface area contributed by atoms with Crippen LogP contribution >= 0.6 is 0 Å². The summed E-state index contributed by atoms with van der Waals surface area (Å²) in [6, 6.07) is 6.44. The van der Waals surface area contributed by atoms with Crippen LogP contribution < -0.4 is 5.32 Å². The van der Waals surface area contributed by atoms with Crippen LogP contribution in [-0.4, -0.2) is 29.9 Å². The Morgan fingerprint density at radius 2 is 2.21 bits per heavy atom. The molecule has 19 heavy (non-hydrogen) atoms. The normalized spacial score (nSPS) is 25.9. The molecular formula is C16H22N2O. The van der Waals surface area contributed by atoms with Crippen LogP contribution in [0.25, 0.3) is 0 Å². The lowest BCUT2D eigenvalue weighted by Crippen LogP contribution is -2.46. The molecule has 1 aromatic rings. The lowest BCUT2D eigenvalue weighted by molar-refractivity contribution is 0.0551. The van der Waals surface area contributed by atoms with Gasteiger partial charge in [-0.05, 0) is 55.9 Å². The fourth-order valence-electron chi connectivity index (χ4n) is 3.23. The van der Waals surface area contributed by atoms with Gasteiger partial charge in [-0.3, -0.25) is 4.79 Å². The van der Waals surface area contributed by atoms with Crippen molar-refractivity contribution in [2.75, 3.05) is 18.4 Å². The maximum Gasteiger partial charge on any atom is 0.254 e. The Kier molecular flexibility index (Phi) is 3.21. The van der Waals surface area contributed by atoms with E-state index in [2.05, 4.69) is 30.1 Å². The predicted molar refractivity (Wildman–Crippen MR) is 77.5 cm³/mol. The molecule has 2 aliphatic heterocycles. The minimum absolute atomic E-state index is 0.203. The lowest BCUT2D eigenvalue weighted by Gasteiger charge is -2.38. The summed E-state index contributed by atoms with van der Waals surface area (Å²) in [4.78, 5) is 14.7. The van der Waals surface area contributed by atoms with Gasteiger partial charge in [0.05, 0.1) is 0 Å². The van der Waals surface area contributed by atoms with Gasteiger partial charge in [-0.25, -0.2) is 0 Å². The van der Waals surface area contributed by atoms with Gasteiger partial charge in [0, 0.05) is 30.4 Å². The van der Waals surface area contributed by atoms with Crippen molar-refractivity contribution in [1.82, 2.24) is 4.90 Å². The number of rotatable bonds is 1. The number of hydrogen-bond donors (Lipinski definition) is 1. The topological polar surface area (TPSA) is 32.3 Å². The molecule has 2 unspecified atom stereocenters. The SMILES string of the molecule is CC1CCCN(C(=O)c2ccc3c(c2)CCN3)C1C. The molecule has 1 aromatic carbocycles. The Morgan fingerprint density at radius 3 is 3.05 bits per heavy atom. The van der Waals surface area contributed by atoms with Crippen LogP contribution in [0.15, 0.2) is 18.2 Å². The van der Waals surface area contributed by atoms with Crippen LogP contribution in [0, 0.1) is 5.92 Å². The monoisotopic (exact) mass is 258 g/mol. The van der Waals surface area contributed by atoms with Crippen LogP contribution in [0.1, 0.15) is 42.6 Å². The quantitative estimate of drug-likeness (QED) is 0.840. The van der Waals surface area contributed by atoms with Crippen molar-refractivity contribution in [3.63, 3.8) is 0 Å². The van der Waals surface area contributed by atoms with Crippen molar-refractivity contribution in [2.45, 2.75) is 39.2 Å². The Morgan fingerprint density at radius 1 is 1.37 bits per heavy atom. The molecule has 0 saturated carbocycles. The van der Waals surface area contributed by atoms with E-state index >= 15 is 0 Å². The second-order valence-electron chi connectivity index (χ2n) is 5.91. The summed E-state index contributed by atoms with van der Waals surface area (Å²) < 4.78 is 0. The second-order valence-corrected chi connectivity index (χ2v) is 5.91. The maximum absolute atomic E-state index is 12.7. The number of amides is 1. The highest BCUT2D eigenvalue weighted by molar-refractivity contribution is 5.95. The molecular weight excluding hydrogens is 236 g/mol. The highest BCUT2D eigenvalue weighted by Crippen LogP contribution is 2.27.